The summed E-state index contributed by atoms with van der Waals surface area (Å²) in [5.41, 5.74) is 3.25. The number of amides is 1. The predicted molar refractivity (Wildman–Crippen MR) is 140 cm³/mol. The largest absolute Gasteiger partial charge is 0.508 e. The van der Waals surface area contributed by atoms with Crippen molar-refractivity contribution in [3.63, 3.8) is 0 Å². The number of aryl methyl sites for hydroxylation is 1. The normalized spacial score (nSPS) is 17.5. The first-order valence-electron chi connectivity index (χ1n) is 11.9. The van der Waals surface area contributed by atoms with Crippen LogP contribution in [0.5, 0.6) is 11.5 Å². The fourth-order valence-electron chi connectivity index (χ4n) is 4.47. The van der Waals surface area contributed by atoms with Crippen molar-refractivity contribution in [3.05, 3.63) is 94.6 Å². The molecule has 0 aromatic heterocycles. The monoisotopic (exact) mass is 485 g/mol. The molecule has 1 aliphatic rings. The molecule has 0 bridgehead atoms. The van der Waals surface area contributed by atoms with Crippen LogP contribution in [0.25, 0.3) is 5.76 Å². The number of aliphatic hydroxyl groups excluding tert-OH is 1. The Kier molecular flexibility index (Phi) is 6.63. The van der Waals surface area contributed by atoms with Crippen molar-refractivity contribution in [1.29, 1.82) is 0 Å². The van der Waals surface area contributed by atoms with Crippen molar-refractivity contribution in [2.24, 2.45) is 0 Å². The van der Waals surface area contributed by atoms with Crippen LogP contribution in [-0.4, -0.2) is 29.0 Å². The highest BCUT2D eigenvalue weighted by molar-refractivity contribution is 6.51. The van der Waals surface area contributed by atoms with Gasteiger partial charge in [0.2, 0.25) is 0 Å². The second-order valence-electron chi connectivity index (χ2n) is 9.95. The van der Waals surface area contributed by atoms with E-state index in [9.17, 15) is 19.8 Å². The molecule has 3 aromatic carbocycles. The summed E-state index contributed by atoms with van der Waals surface area (Å²) >= 11 is 0. The van der Waals surface area contributed by atoms with Gasteiger partial charge in [0.15, 0.2) is 0 Å². The zero-order valence-electron chi connectivity index (χ0n) is 21.2. The summed E-state index contributed by atoms with van der Waals surface area (Å²) in [6, 6.07) is 18.3. The number of carbonyl (C=O) groups excluding carboxylic acids is 2. The van der Waals surface area contributed by atoms with Crippen LogP contribution in [0.4, 0.5) is 5.69 Å². The number of Topliss-reactive ketones (excluding diaryl/α,β-unsaturated/α-hetero) is 1. The highest BCUT2D eigenvalue weighted by Crippen LogP contribution is 2.44. The molecule has 0 spiro atoms. The van der Waals surface area contributed by atoms with Gasteiger partial charge in [-0.25, -0.2) is 0 Å². The number of phenols is 1. The summed E-state index contributed by atoms with van der Waals surface area (Å²) in [6.07, 6.45) is 0.838. The van der Waals surface area contributed by atoms with Crippen LogP contribution in [0.1, 0.15) is 56.0 Å². The third kappa shape index (κ3) is 4.47. The Morgan fingerprint density at radius 3 is 2.17 bits per heavy atom. The highest BCUT2D eigenvalue weighted by atomic mass is 16.5. The quantitative estimate of drug-likeness (QED) is 0.267. The average Bonchev–Trinajstić information content (AvgIpc) is 3.13. The minimum Gasteiger partial charge on any atom is -0.508 e. The number of ketones is 1. The van der Waals surface area contributed by atoms with Crippen molar-refractivity contribution >= 4 is 23.1 Å². The van der Waals surface area contributed by atoms with Gasteiger partial charge in [0.05, 0.1) is 24.3 Å². The van der Waals surface area contributed by atoms with Crippen molar-refractivity contribution in [3.8, 4) is 11.5 Å². The van der Waals surface area contributed by atoms with Gasteiger partial charge in [0.1, 0.15) is 17.3 Å². The van der Waals surface area contributed by atoms with E-state index in [2.05, 4.69) is 0 Å². The third-order valence-corrected chi connectivity index (χ3v) is 6.60. The Morgan fingerprint density at radius 2 is 1.61 bits per heavy atom. The summed E-state index contributed by atoms with van der Waals surface area (Å²) in [7, 11) is 1.49. The molecule has 6 heteroatoms. The van der Waals surface area contributed by atoms with E-state index >= 15 is 0 Å². The van der Waals surface area contributed by atoms with Gasteiger partial charge in [0.25, 0.3) is 11.7 Å². The number of aliphatic hydroxyl groups is 1. The van der Waals surface area contributed by atoms with Gasteiger partial charge in [-0.2, -0.15) is 0 Å². The fourth-order valence-corrected chi connectivity index (χ4v) is 4.47. The molecule has 1 saturated heterocycles. The van der Waals surface area contributed by atoms with E-state index in [0.717, 1.165) is 17.5 Å². The fraction of sp³-hybridized carbons (Fsp3) is 0.267. The Bertz CT molecular complexity index is 1330. The molecule has 0 aliphatic carbocycles. The molecule has 2 N–H and O–H groups in total. The van der Waals surface area contributed by atoms with E-state index in [1.165, 1.54) is 24.1 Å². The van der Waals surface area contributed by atoms with Crippen LogP contribution in [0, 0.1) is 0 Å². The van der Waals surface area contributed by atoms with Crippen molar-refractivity contribution in [2.45, 2.75) is 45.6 Å². The van der Waals surface area contributed by atoms with Crippen molar-refractivity contribution < 1.29 is 24.5 Å². The van der Waals surface area contributed by atoms with Gasteiger partial charge in [-0.05, 0) is 64.9 Å². The smallest absolute Gasteiger partial charge is 0.300 e. The zero-order valence-corrected chi connectivity index (χ0v) is 21.2. The molecule has 1 unspecified atom stereocenters. The number of hydrogen-bond acceptors (Lipinski definition) is 5. The summed E-state index contributed by atoms with van der Waals surface area (Å²) in [5.74, 6) is -1.37. The number of rotatable bonds is 5. The van der Waals surface area contributed by atoms with Gasteiger partial charge in [0, 0.05) is 5.69 Å². The first kappa shape index (κ1) is 25.0. The second kappa shape index (κ2) is 9.53. The molecule has 0 radical (unpaired) electrons. The van der Waals surface area contributed by atoms with Crippen LogP contribution in [-0.2, 0) is 21.4 Å². The lowest BCUT2D eigenvalue weighted by Crippen LogP contribution is -2.29. The molecular formula is C30H31NO5. The van der Waals surface area contributed by atoms with Gasteiger partial charge in [-0.3, -0.25) is 14.5 Å². The molecule has 6 nitrogen and oxygen atoms in total. The molecular weight excluding hydrogens is 454 g/mol. The van der Waals surface area contributed by atoms with E-state index in [1.54, 1.807) is 36.4 Å². The number of anilines is 1. The minimum atomic E-state index is -0.888. The SMILES string of the molecule is CCc1ccc(N2C(=O)C(=O)/C(=C(/O)c3cc(C(C)(C)C)ccc3OC)C2c2ccc(O)cc2)cc1. The number of ether oxygens (including phenoxy) is 1. The summed E-state index contributed by atoms with van der Waals surface area (Å²) in [5, 5.41) is 21.4. The summed E-state index contributed by atoms with van der Waals surface area (Å²) in [4.78, 5) is 28.3. The van der Waals surface area contributed by atoms with E-state index in [1.807, 2.05) is 45.9 Å². The Morgan fingerprint density at radius 1 is 0.972 bits per heavy atom. The molecule has 1 aliphatic heterocycles. The number of phenolic OH excluding ortho intramolecular Hbond substituents is 1. The topological polar surface area (TPSA) is 87.1 Å². The van der Waals surface area contributed by atoms with Gasteiger partial charge in [-0.15, -0.1) is 0 Å². The van der Waals surface area contributed by atoms with Crippen LogP contribution in [0.2, 0.25) is 0 Å². The number of hydrogen-bond donors (Lipinski definition) is 2. The van der Waals surface area contributed by atoms with Crippen LogP contribution < -0.4 is 9.64 Å². The van der Waals surface area contributed by atoms with Crippen LogP contribution >= 0.6 is 0 Å². The van der Waals surface area contributed by atoms with Crippen molar-refractivity contribution in [1.82, 2.24) is 0 Å². The molecule has 3 aromatic rings. The molecule has 186 valence electrons. The van der Waals surface area contributed by atoms with E-state index < -0.39 is 17.7 Å². The summed E-state index contributed by atoms with van der Waals surface area (Å²) in [6.45, 7) is 8.19. The van der Waals surface area contributed by atoms with Crippen LogP contribution in [0.3, 0.4) is 0 Å². The Balaban J connectivity index is 1.97. The maximum absolute atomic E-state index is 13.5. The zero-order chi connectivity index (χ0) is 26.2. The first-order chi connectivity index (χ1) is 17.1. The van der Waals surface area contributed by atoms with Gasteiger partial charge in [-0.1, -0.05) is 58.0 Å². The molecule has 1 amide bonds. The predicted octanol–water partition coefficient (Wildman–Crippen LogP) is 5.89. The first-order valence-corrected chi connectivity index (χ1v) is 11.9. The van der Waals surface area contributed by atoms with E-state index in [4.69, 9.17) is 4.74 Å². The summed E-state index contributed by atoms with van der Waals surface area (Å²) < 4.78 is 5.51. The van der Waals surface area contributed by atoms with E-state index in [-0.39, 0.29) is 22.5 Å². The molecule has 1 atom stereocenters. The lowest BCUT2D eigenvalue weighted by molar-refractivity contribution is -0.132. The van der Waals surface area contributed by atoms with E-state index in [0.29, 0.717) is 22.6 Å². The molecule has 36 heavy (non-hydrogen) atoms. The Labute approximate surface area is 211 Å². The average molecular weight is 486 g/mol. The lowest BCUT2D eigenvalue weighted by atomic mass is 9.85. The van der Waals surface area contributed by atoms with Crippen molar-refractivity contribution in [2.75, 3.05) is 12.0 Å². The minimum absolute atomic E-state index is 0.0328. The van der Waals surface area contributed by atoms with Gasteiger partial charge >= 0.3 is 0 Å². The number of carbonyl (C=O) groups is 2. The lowest BCUT2D eigenvalue weighted by Gasteiger charge is -2.26. The number of nitrogens with zero attached hydrogens (tertiary/aromatic N) is 1. The van der Waals surface area contributed by atoms with Gasteiger partial charge < -0.3 is 14.9 Å². The molecule has 1 fully saturated rings. The molecule has 0 saturated carbocycles. The maximum atomic E-state index is 13.5. The third-order valence-electron chi connectivity index (χ3n) is 6.60. The number of aromatic hydroxyl groups is 1. The number of methoxy groups -OCH3 is 1. The second-order valence-corrected chi connectivity index (χ2v) is 9.95. The maximum Gasteiger partial charge on any atom is 0.300 e. The molecule has 1 heterocycles. The Hall–Kier alpha value is -4.06. The highest BCUT2D eigenvalue weighted by Gasteiger charge is 2.47. The number of benzene rings is 3. The van der Waals surface area contributed by atoms with Crippen LogP contribution in [0.15, 0.2) is 72.3 Å². The molecule has 4 rings (SSSR count). The standard InChI is InChI=1S/C30H31NO5/c1-6-18-7-12-21(13-8-18)31-26(19-9-14-22(32)15-10-19)25(28(34)29(31)35)27(33)23-17-20(30(2,3)4)11-16-24(23)36-5/h7-17,26,32-33H,6H2,1-5H3/b27-25+.